The van der Waals surface area contributed by atoms with Crippen LogP contribution in [0.4, 0.5) is 5.69 Å². The van der Waals surface area contributed by atoms with Gasteiger partial charge >= 0.3 is 7.60 Å². The predicted octanol–water partition coefficient (Wildman–Crippen LogP) is 2.74. The van der Waals surface area contributed by atoms with Crippen LogP contribution in [-0.2, 0) is 4.57 Å². The number of benzene rings is 1. The maximum absolute atomic E-state index is 12.1. The van der Waals surface area contributed by atoms with Gasteiger partial charge in [0.25, 0.3) is 0 Å². The zero-order valence-electron chi connectivity index (χ0n) is 12.2. The highest BCUT2D eigenvalue weighted by molar-refractivity contribution is 7.53. The number of ether oxygens (including phenoxy) is 1. The van der Waals surface area contributed by atoms with E-state index in [9.17, 15) is 14.6 Å². The van der Waals surface area contributed by atoms with Crippen LogP contribution in [0.2, 0.25) is 0 Å². The Hall–Kier alpha value is -2.24. The molecule has 0 aliphatic rings. The van der Waals surface area contributed by atoms with E-state index in [0.717, 1.165) is 0 Å². The second-order valence-electron chi connectivity index (χ2n) is 4.60. The Morgan fingerprint density at radius 3 is 2.82 bits per heavy atom. The third kappa shape index (κ3) is 4.13. The van der Waals surface area contributed by atoms with E-state index in [1.165, 1.54) is 25.4 Å². The Balaban J connectivity index is 2.08. The number of nitrogens with zero attached hydrogens (tertiary/aromatic N) is 1. The first kappa shape index (κ1) is 16.1. The molecule has 1 heterocycles. The van der Waals surface area contributed by atoms with Crippen LogP contribution in [0.5, 0.6) is 17.2 Å². The Morgan fingerprint density at radius 2 is 2.18 bits per heavy atom. The Bertz CT molecular complexity index is 693. The number of pyridine rings is 1. The number of aryl methyl sites for hydroxylation is 1. The third-order valence-electron chi connectivity index (χ3n) is 2.85. The van der Waals surface area contributed by atoms with Gasteiger partial charge in [-0.3, -0.25) is 4.98 Å². The molecule has 2 rings (SSSR count). The summed E-state index contributed by atoms with van der Waals surface area (Å²) in [6.45, 7) is 1.64. The molecule has 0 bridgehead atoms. The van der Waals surface area contributed by atoms with Crippen molar-refractivity contribution in [2.45, 2.75) is 6.92 Å². The molecule has 1 unspecified atom stereocenters. The SMILES string of the molecule is COc1cc(OP(=O)(O)CNc2cccnc2)cc(C)c1O. The summed E-state index contributed by atoms with van der Waals surface area (Å²) in [6.07, 6.45) is 2.86. The maximum atomic E-state index is 12.1. The van der Waals surface area contributed by atoms with E-state index >= 15 is 0 Å². The van der Waals surface area contributed by atoms with E-state index in [0.29, 0.717) is 11.3 Å². The van der Waals surface area contributed by atoms with Crippen molar-refractivity contribution in [2.24, 2.45) is 0 Å². The Morgan fingerprint density at radius 1 is 1.41 bits per heavy atom. The molecule has 0 aliphatic carbocycles. The average Bonchev–Trinajstić information content (AvgIpc) is 2.49. The second-order valence-corrected chi connectivity index (χ2v) is 6.37. The molecule has 8 heteroatoms. The number of rotatable bonds is 6. The molecule has 118 valence electrons. The van der Waals surface area contributed by atoms with Gasteiger partial charge in [-0.05, 0) is 30.7 Å². The molecule has 0 radical (unpaired) electrons. The zero-order chi connectivity index (χ0) is 16.2. The lowest BCUT2D eigenvalue weighted by Gasteiger charge is -2.16. The largest absolute Gasteiger partial charge is 0.504 e. The van der Waals surface area contributed by atoms with Crippen molar-refractivity contribution in [3.8, 4) is 17.2 Å². The summed E-state index contributed by atoms with van der Waals surface area (Å²) in [5, 5.41) is 12.5. The number of anilines is 1. The van der Waals surface area contributed by atoms with Gasteiger partial charge in [0.05, 0.1) is 12.8 Å². The summed E-state index contributed by atoms with van der Waals surface area (Å²) in [7, 11) is -2.53. The zero-order valence-corrected chi connectivity index (χ0v) is 13.1. The molecule has 0 saturated carbocycles. The standard InChI is InChI=1S/C14H17N2O5P/c1-10-6-12(7-13(20-2)14(10)17)21-22(18,19)9-16-11-4-3-5-15-8-11/h3-8,16-17H,9H2,1-2H3,(H,18,19). The summed E-state index contributed by atoms with van der Waals surface area (Å²) in [6, 6.07) is 6.25. The van der Waals surface area contributed by atoms with Crippen molar-refractivity contribution >= 4 is 13.3 Å². The van der Waals surface area contributed by atoms with Crippen LogP contribution in [0, 0.1) is 6.92 Å². The molecule has 1 aromatic heterocycles. The van der Waals surface area contributed by atoms with Crippen LogP contribution in [-0.4, -0.2) is 28.4 Å². The number of hydrogen-bond donors (Lipinski definition) is 3. The van der Waals surface area contributed by atoms with E-state index in [1.54, 1.807) is 25.3 Å². The van der Waals surface area contributed by atoms with Gasteiger partial charge in [0.15, 0.2) is 11.5 Å². The van der Waals surface area contributed by atoms with Gasteiger partial charge in [-0.25, -0.2) is 4.57 Å². The summed E-state index contributed by atoms with van der Waals surface area (Å²) in [5.41, 5.74) is 1.09. The van der Waals surface area contributed by atoms with E-state index < -0.39 is 7.60 Å². The minimum Gasteiger partial charge on any atom is -0.504 e. The van der Waals surface area contributed by atoms with Crippen LogP contribution in [0.1, 0.15) is 5.56 Å². The van der Waals surface area contributed by atoms with Gasteiger partial charge in [0.2, 0.25) is 0 Å². The number of nitrogens with one attached hydrogen (secondary N) is 1. The second kappa shape index (κ2) is 6.68. The maximum Gasteiger partial charge on any atom is 0.395 e. The molecule has 2 aromatic rings. The molecule has 7 nitrogen and oxygen atoms in total. The molecule has 22 heavy (non-hydrogen) atoms. The van der Waals surface area contributed by atoms with Crippen molar-refractivity contribution in [2.75, 3.05) is 18.7 Å². The molecule has 1 atom stereocenters. The summed E-state index contributed by atoms with van der Waals surface area (Å²) in [5.74, 6) is 0.289. The van der Waals surface area contributed by atoms with Crippen LogP contribution < -0.4 is 14.6 Å². The lowest BCUT2D eigenvalue weighted by Crippen LogP contribution is -2.07. The normalized spacial score (nSPS) is 13.2. The minimum absolute atomic E-state index is 0.0314. The molecule has 0 saturated heterocycles. The van der Waals surface area contributed by atoms with Crippen LogP contribution in [0.3, 0.4) is 0 Å². The van der Waals surface area contributed by atoms with E-state index in [1.807, 2.05) is 0 Å². The predicted molar refractivity (Wildman–Crippen MR) is 82.6 cm³/mol. The van der Waals surface area contributed by atoms with E-state index in [2.05, 4.69) is 10.3 Å². The first-order valence-corrected chi connectivity index (χ1v) is 8.20. The van der Waals surface area contributed by atoms with E-state index in [-0.39, 0.29) is 23.5 Å². The minimum atomic E-state index is -3.92. The molecule has 0 aliphatic heterocycles. The number of hydrogen-bond acceptors (Lipinski definition) is 6. The fraction of sp³-hybridized carbons (Fsp3) is 0.214. The first-order chi connectivity index (χ1) is 10.4. The highest BCUT2D eigenvalue weighted by Gasteiger charge is 2.22. The number of aromatic hydroxyl groups is 1. The van der Waals surface area contributed by atoms with Gasteiger partial charge in [-0.15, -0.1) is 0 Å². The smallest absolute Gasteiger partial charge is 0.395 e. The van der Waals surface area contributed by atoms with Crippen molar-refractivity contribution in [1.82, 2.24) is 4.98 Å². The van der Waals surface area contributed by atoms with Gasteiger partial charge in [-0.2, -0.15) is 0 Å². The molecule has 0 spiro atoms. The summed E-state index contributed by atoms with van der Waals surface area (Å²) < 4.78 is 22.2. The fourth-order valence-electron chi connectivity index (χ4n) is 1.78. The van der Waals surface area contributed by atoms with Crippen molar-refractivity contribution in [3.05, 3.63) is 42.2 Å². The number of phenolic OH excluding ortho intramolecular Hbond substituents is 1. The molecular formula is C14H17N2O5P. The first-order valence-electron chi connectivity index (χ1n) is 6.44. The Labute approximate surface area is 128 Å². The highest BCUT2D eigenvalue weighted by atomic mass is 31.2. The molecule has 1 aromatic carbocycles. The van der Waals surface area contributed by atoms with Gasteiger partial charge < -0.3 is 24.6 Å². The number of methoxy groups -OCH3 is 1. The van der Waals surface area contributed by atoms with Crippen molar-refractivity contribution < 1.29 is 23.8 Å². The lowest BCUT2D eigenvalue weighted by molar-refractivity contribution is 0.362. The number of aromatic nitrogens is 1. The monoisotopic (exact) mass is 324 g/mol. The average molecular weight is 324 g/mol. The molecule has 0 amide bonds. The van der Waals surface area contributed by atoms with Gasteiger partial charge in [0.1, 0.15) is 12.0 Å². The van der Waals surface area contributed by atoms with Crippen molar-refractivity contribution in [1.29, 1.82) is 0 Å². The lowest BCUT2D eigenvalue weighted by atomic mass is 10.2. The highest BCUT2D eigenvalue weighted by Crippen LogP contribution is 2.45. The van der Waals surface area contributed by atoms with Crippen molar-refractivity contribution in [3.63, 3.8) is 0 Å². The third-order valence-corrected chi connectivity index (χ3v) is 3.91. The van der Waals surface area contributed by atoms with Crippen LogP contribution >= 0.6 is 7.60 Å². The van der Waals surface area contributed by atoms with Crippen LogP contribution in [0.25, 0.3) is 0 Å². The van der Waals surface area contributed by atoms with Gasteiger partial charge in [-0.1, -0.05) is 0 Å². The van der Waals surface area contributed by atoms with Crippen LogP contribution in [0.15, 0.2) is 36.7 Å². The summed E-state index contributed by atoms with van der Waals surface area (Å²) >= 11 is 0. The molecule has 3 N–H and O–H groups in total. The topological polar surface area (TPSA) is 101 Å². The number of phenols is 1. The van der Waals surface area contributed by atoms with Gasteiger partial charge in [0, 0.05) is 18.5 Å². The fourth-order valence-corrected chi connectivity index (χ4v) is 2.66. The molecule has 0 fully saturated rings. The quantitative estimate of drug-likeness (QED) is 0.702. The molecular weight excluding hydrogens is 307 g/mol. The van der Waals surface area contributed by atoms with E-state index in [4.69, 9.17) is 9.26 Å². The Kier molecular flexibility index (Phi) is 4.90. The summed E-state index contributed by atoms with van der Waals surface area (Å²) in [4.78, 5) is 13.8.